The molecule has 0 aromatic carbocycles. The van der Waals surface area contributed by atoms with Gasteiger partial charge < -0.3 is 0 Å². The Morgan fingerprint density at radius 2 is 2.05 bits per heavy atom. The molecule has 19 heavy (non-hydrogen) atoms. The molecule has 0 N–H and O–H groups in total. The minimum absolute atomic E-state index is 0.252. The third-order valence-electron chi connectivity index (χ3n) is 4.47. The van der Waals surface area contributed by atoms with E-state index in [2.05, 4.69) is 66.3 Å². The molecule has 1 unspecified atom stereocenters. The Labute approximate surface area is 120 Å². The van der Waals surface area contributed by atoms with Gasteiger partial charge in [-0.2, -0.15) is 0 Å². The first-order chi connectivity index (χ1) is 8.82. The summed E-state index contributed by atoms with van der Waals surface area (Å²) in [6.07, 6.45) is 10.4. The van der Waals surface area contributed by atoms with Crippen LogP contribution in [0.4, 0.5) is 0 Å². The van der Waals surface area contributed by atoms with Gasteiger partial charge in [0, 0.05) is 0 Å². The highest BCUT2D eigenvalue weighted by atomic mass is 14.4. The van der Waals surface area contributed by atoms with Crippen LogP contribution >= 0.6 is 0 Å². The van der Waals surface area contributed by atoms with Gasteiger partial charge in [-0.05, 0) is 55.6 Å². The Bertz CT molecular complexity index is 427. The predicted molar refractivity (Wildman–Crippen MR) is 87.2 cm³/mol. The summed E-state index contributed by atoms with van der Waals surface area (Å²) in [4.78, 5) is 0. The summed E-state index contributed by atoms with van der Waals surface area (Å²) in [6, 6.07) is 0. The van der Waals surface area contributed by atoms with Crippen molar-refractivity contribution in [1.29, 1.82) is 0 Å². The minimum Gasteiger partial charge on any atom is -0.0961 e. The summed E-state index contributed by atoms with van der Waals surface area (Å²) < 4.78 is 0. The van der Waals surface area contributed by atoms with Crippen LogP contribution in [0.2, 0.25) is 0 Å². The summed E-state index contributed by atoms with van der Waals surface area (Å²) in [7, 11) is 0. The minimum atomic E-state index is 0.252. The van der Waals surface area contributed by atoms with Crippen molar-refractivity contribution in [3.8, 4) is 0 Å². The summed E-state index contributed by atoms with van der Waals surface area (Å²) in [5.41, 5.74) is 6.00. The zero-order chi connectivity index (χ0) is 14.6. The lowest BCUT2D eigenvalue weighted by Crippen LogP contribution is -2.23. The largest absolute Gasteiger partial charge is 0.0961 e. The van der Waals surface area contributed by atoms with Crippen molar-refractivity contribution in [1.82, 2.24) is 0 Å². The van der Waals surface area contributed by atoms with Crippen LogP contribution in [0.3, 0.4) is 0 Å². The third kappa shape index (κ3) is 3.72. The SMILES string of the molecule is C=C(C)/C=C1\CC(=C/C)/C(=C\CC)C(C)(C)C(C)C1. The third-order valence-corrected chi connectivity index (χ3v) is 4.47. The average Bonchev–Trinajstić information content (AvgIpc) is 2.39. The number of hydrogen-bond acceptors (Lipinski definition) is 0. The molecule has 106 valence electrons. The van der Waals surface area contributed by atoms with Crippen molar-refractivity contribution in [2.24, 2.45) is 11.3 Å². The maximum atomic E-state index is 4.04. The lowest BCUT2D eigenvalue weighted by atomic mass is 9.71. The molecule has 1 aliphatic carbocycles. The average molecular weight is 258 g/mol. The van der Waals surface area contributed by atoms with Crippen LogP contribution in [0, 0.1) is 11.3 Å². The van der Waals surface area contributed by atoms with Gasteiger partial charge in [0.05, 0.1) is 0 Å². The molecule has 1 aliphatic rings. The van der Waals surface area contributed by atoms with E-state index in [-0.39, 0.29) is 5.41 Å². The van der Waals surface area contributed by atoms with E-state index in [1.807, 2.05) is 0 Å². The van der Waals surface area contributed by atoms with Gasteiger partial charge in [-0.3, -0.25) is 0 Å². The van der Waals surface area contributed by atoms with E-state index >= 15 is 0 Å². The predicted octanol–water partition coefficient (Wildman–Crippen LogP) is 6.23. The highest BCUT2D eigenvalue weighted by Crippen LogP contribution is 2.47. The van der Waals surface area contributed by atoms with Crippen LogP contribution in [0.1, 0.15) is 60.8 Å². The second-order valence-corrected chi connectivity index (χ2v) is 6.49. The zero-order valence-corrected chi connectivity index (χ0v) is 13.6. The number of hydrogen-bond donors (Lipinski definition) is 0. The lowest BCUT2D eigenvalue weighted by molar-refractivity contribution is 0.294. The Morgan fingerprint density at radius 1 is 1.42 bits per heavy atom. The molecule has 0 bridgehead atoms. The van der Waals surface area contributed by atoms with Crippen LogP contribution in [0.25, 0.3) is 0 Å². The smallest absolute Gasteiger partial charge is 0.00642 e. The first-order valence-corrected chi connectivity index (χ1v) is 7.54. The van der Waals surface area contributed by atoms with Gasteiger partial charge in [0.25, 0.3) is 0 Å². The summed E-state index contributed by atoms with van der Waals surface area (Å²) in [5.74, 6) is 0.661. The van der Waals surface area contributed by atoms with Crippen molar-refractivity contribution in [3.63, 3.8) is 0 Å². The van der Waals surface area contributed by atoms with E-state index in [9.17, 15) is 0 Å². The second-order valence-electron chi connectivity index (χ2n) is 6.49. The molecule has 0 spiro atoms. The van der Waals surface area contributed by atoms with Crippen LogP contribution in [-0.4, -0.2) is 0 Å². The number of rotatable bonds is 2. The normalized spacial score (nSPS) is 29.8. The fourth-order valence-electron chi connectivity index (χ4n) is 3.05. The maximum absolute atomic E-state index is 4.04. The molecule has 1 rings (SSSR count). The van der Waals surface area contributed by atoms with E-state index in [1.165, 1.54) is 23.1 Å². The van der Waals surface area contributed by atoms with E-state index in [0.717, 1.165) is 12.8 Å². The highest BCUT2D eigenvalue weighted by Gasteiger charge is 2.34. The van der Waals surface area contributed by atoms with Crippen LogP contribution in [0.15, 0.2) is 47.1 Å². The fraction of sp³-hybridized carbons (Fsp3) is 0.579. The molecule has 0 heteroatoms. The first-order valence-electron chi connectivity index (χ1n) is 7.54. The fourth-order valence-corrected chi connectivity index (χ4v) is 3.05. The van der Waals surface area contributed by atoms with Gasteiger partial charge in [-0.1, -0.05) is 63.6 Å². The van der Waals surface area contributed by atoms with Gasteiger partial charge in [0.15, 0.2) is 0 Å². The molecule has 0 amide bonds. The Morgan fingerprint density at radius 3 is 2.53 bits per heavy atom. The molecule has 0 heterocycles. The van der Waals surface area contributed by atoms with E-state index < -0.39 is 0 Å². The van der Waals surface area contributed by atoms with Crippen molar-refractivity contribution >= 4 is 0 Å². The Kier molecular flexibility index (Phi) is 5.40. The van der Waals surface area contributed by atoms with Crippen molar-refractivity contribution in [2.75, 3.05) is 0 Å². The lowest BCUT2D eigenvalue weighted by Gasteiger charge is -2.33. The van der Waals surface area contributed by atoms with Gasteiger partial charge in [-0.25, -0.2) is 0 Å². The van der Waals surface area contributed by atoms with E-state index in [4.69, 9.17) is 0 Å². The van der Waals surface area contributed by atoms with Gasteiger partial charge >= 0.3 is 0 Å². The molecule has 0 nitrogen and oxygen atoms in total. The Hall–Kier alpha value is -1.04. The molecule has 1 saturated carbocycles. The second kappa shape index (κ2) is 6.41. The monoisotopic (exact) mass is 258 g/mol. The maximum Gasteiger partial charge on any atom is -0.00642 e. The van der Waals surface area contributed by atoms with E-state index in [0.29, 0.717) is 5.92 Å². The highest BCUT2D eigenvalue weighted by molar-refractivity contribution is 5.42. The quantitative estimate of drug-likeness (QED) is 0.515. The molecule has 1 atom stereocenters. The summed E-state index contributed by atoms with van der Waals surface area (Å²) in [5, 5.41) is 0. The van der Waals surface area contributed by atoms with Crippen molar-refractivity contribution in [3.05, 3.63) is 47.1 Å². The first kappa shape index (κ1) is 16.0. The topological polar surface area (TPSA) is 0 Å². The van der Waals surface area contributed by atoms with Gasteiger partial charge in [0.2, 0.25) is 0 Å². The molecule has 1 fully saturated rings. The van der Waals surface area contributed by atoms with E-state index in [1.54, 1.807) is 5.57 Å². The van der Waals surface area contributed by atoms with Crippen molar-refractivity contribution in [2.45, 2.75) is 60.8 Å². The molecule has 0 aromatic rings. The standard InChI is InChI=1S/C19H30/c1-8-10-18-17(9-2)13-16(11-14(3)4)12-15(5)19(18,6)7/h9-11,15H,3,8,12-13H2,1-2,4-7H3/b16-11-,17-9-,18-10+. The van der Waals surface area contributed by atoms with Crippen LogP contribution in [0.5, 0.6) is 0 Å². The van der Waals surface area contributed by atoms with Crippen molar-refractivity contribution < 1.29 is 0 Å². The van der Waals surface area contributed by atoms with Crippen LogP contribution in [-0.2, 0) is 0 Å². The molecular weight excluding hydrogens is 228 g/mol. The van der Waals surface area contributed by atoms with Gasteiger partial charge in [0.1, 0.15) is 0 Å². The summed E-state index contributed by atoms with van der Waals surface area (Å²) >= 11 is 0. The molecule has 0 aromatic heterocycles. The Balaban J connectivity index is 3.30. The van der Waals surface area contributed by atoms with Gasteiger partial charge in [-0.15, -0.1) is 0 Å². The molecular formula is C19H30. The zero-order valence-electron chi connectivity index (χ0n) is 13.6. The molecule has 0 aliphatic heterocycles. The molecule has 0 radical (unpaired) electrons. The van der Waals surface area contributed by atoms with Crippen LogP contribution < -0.4 is 0 Å². The number of allylic oxidation sites excluding steroid dienone is 7. The molecule has 0 saturated heterocycles. The summed E-state index contributed by atoms with van der Waals surface area (Å²) in [6.45, 7) is 17.7.